The first-order valence-electron chi connectivity index (χ1n) is 9.77. The number of carbonyl (C=O) groups excluding carboxylic acids is 1. The molecule has 1 aromatic carbocycles. The normalized spacial score (nSPS) is 17.0. The van der Waals surface area contributed by atoms with Crippen molar-refractivity contribution in [3.8, 4) is 0 Å². The Morgan fingerprint density at radius 2 is 1.97 bits per heavy atom. The van der Waals surface area contributed by atoms with Crippen LogP contribution in [-0.2, 0) is 6.54 Å². The third kappa shape index (κ3) is 3.49. The average molecular weight is 387 g/mol. The van der Waals surface area contributed by atoms with E-state index in [9.17, 15) is 4.79 Å². The molecule has 4 heterocycles. The van der Waals surface area contributed by atoms with Gasteiger partial charge in [0.25, 0.3) is 5.91 Å². The Balaban J connectivity index is 1.34. The van der Waals surface area contributed by atoms with Crippen LogP contribution in [0.2, 0.25) is 0 Å². The molecule has 1 unspecified atom stereocenters. The van der Waals surface area contributed by atoms with Crippen molar-refractivity contribution in [3.05, 3.63) is 72.1 Å². The fourth-order valence-corrected chi connectivity index (χ4v) is 4.03. The van der Waals surface area contributed by atoms with E-state index in [0.29, 0.717) is 17.6 Å². The van der Waals surface area contributed by atoms with Crippen molar-refractivity contribution < 1.29 is 4.79 Å². The van der Waals surface area contributed by atoms with Crippen molar-refractivity contribution in [2.24, 2.45) is 0 Å². The third-order valence-electron chi connectivity index (χ3n) is 5.49. The van der Waals surface area contributed by atoms with Gasteiger partial charge in [0.2, 0.25) is 0 Å². The van der Waals surface area contributed by atoms with Gasteiger partial charge in [-0.05, 0) is 48.7 Å². The summed E-state index contributed by atoms with van der Waals surface area (Å²) in [5.74, 6) is 1.29. The molecular weight excluding hydrogens is 366 g/mol. The molecule has 0 aliphatic carbocycles. The van der Waals surface area contributed by atoms with Crippen LogP contribution in [0.15, 0.2) is 55.1 Å². The Labute approximate surface area is 167 Å². The largest absolute Gasteiger partial charge is 0.338 e. The molecule has 8 heteroatoms. The number of rotatable bonds is 4. The van der Waals surface area contributed by atoms with Crippen LogP contribution in [0.1, 0.15) is 40.5 Å². The van der Waals surface area contributed by atoms with Gasteiger partial charge >= 0.3 is 0 Å². The summed E-state index contributed by atoms with van der Waals surface area (Å²) in [4.78, 5) is 23.7. The molecular formula is C21H21N7O. The zero-order chi connectivity index (χ0) is 19.6. The number of imidazole rings is 1. The highest BCUT2D eigenvalue weighted by molar-refractivity contribution is 5.97. The maximum Gasteiger partial charge on any atom is 0.253 e. The Morgan fingerprint density at radius 1 is 1.10 bits per heavy atom. The maximum atomic E-state index is 13.1. The van der Waals surface area contributed by atoms with Crippen LogP contribution in [0.25, 0.3) is 11.0 Å². The zero-order valence-corrected chi connectivity index (χ0v) is 15.9. The molecule has 146 valence electrons. The standard InChI is InChI=1S/C21H21N7O/c29-21(16-3-4-18-19(12-16)25-26-24-18)28-10-1-2-17(14-28)20-23-9-11-27(20)13-15-5-7-22-8-6-15/h3-9,11-12,17H,1-2,10,13-14H2,(H,24,25,26). The number of hydrogen-bond acceptors (Lipinski definition) is 5. The summed E-state index contributed by atoms with van der Waals surface area (Å²) in [6.45, 7) is 2.19. The Hall–Kier alpha value is -3.55. The van der Waals surface area contributed by atoms with E-state index in [-0.39, 0.29) is 11.8 Å². The van der Waals surface area contributed by atoms with Crippen LogP contribution in [0, 0.1) is 0 Å². The van der Waals surface area contributed by atoms with Gasteiger partial charge in [0.15, 0.2) is 0 Å². The fourth-order valence-electron chi connectivity index (χ4n) is 4.03. The number of hydrogen-bond donors (Lipinski definition) is 1. The molecule has 0 saturated carbocycles. The molecule has 8 nitrogen and oxygen atoms in total. The number of aromatic amines is 1. The first-order valence-corrected chi connectivity index (χ1v) is 9.77. The van der Waals surface area contributed by atoms with Crippen molar-refractivity contribution >= 4 is 16.9 Å². The van der Waals surface area contributed by atoms with Crippen LogP contribution >= 0.6 is 0 Å². The summed E-state index contributed by atoms with van der Waals surface area (Å²) in [6.07, 6.45) is 9.45. The monoisotopic (exact) mass is 387 g/mol. The predicted octanol–water partition coefficient (Wildman–Crippen LogP) is 2.62. The van der Waals surface area contributed by atoms with Crippen molar-refractivity contribution in [1.29, 1.82) is 0 Å². The molecule has 1 atom stereocenters. The number of likely N-dealkylation sites (tertiary alicyclic amines) is 1. The Kier molecular flexibility index (Phi) is 4.51. The van der Waals surface area contributed by atoms with Gasteiger partial charge in [0, 0.05) is 55.9 Å². The summed E-state index contributed by atoms with van der Waals surface area (Å²) in [5.41, 5.74) is 3.30. The number of nitrogens with one attached hydrogen (secondary N) is 1. The second-order valence-electron chi connectivity index (χ2n) is 7.39. The van der Waals surface area contributed by atoms with E-state index in [1.807, 2.05) is 41.6 Å². The van der Waals surface area contributed by atoms with E-state index in [1.165, 1.54) is 5.56 Å². The van der Waals surface area contributed by atoms with Gasteiger partial charge in [-0.15, -0.1) is 0 Å². The minimum atomic E-state index is 0.0341. The van der Waals surface area contributed by atoms with Crippen LogP contribution in [-0.4, -0.2) is 53.8 Å². The van der Waals surface area contributed by atoms with E-state index >= 15 is 0 Å². The minimum absolute atomic E-state index is 0.0341. The lowest BCUT2D eigenvalue weighted by Crippen LogP contribution is -2.39. The summed E-state index contributed by atoms with van der Waals surface area (Å²) in [7, 11) is 0. The topological polar surface area (TPSA) is 92.6 Å². The van der Waals surface area contributed by atoms with E-state index in [2.05, 4.69) is 29.9 Å². The van der Waals surface area contributed by atoms with E-state index in [0.717, 1.165) is 37.3 Å². The van der Waals surface area contributed by atoms with Gasteiger partial charge < -0.3 is 9.47 Å². The van der Waals surface area contributed by atoms with E-state index < -0.39 is 0 Å². The predicted molar refractivity (Wildman–Crippen MR) is 107 cm³/mol. The highest BCUT2D eigenvalue weighted by atomic mass is 16.2. The van der Waals surface area contributed by atoms with Crippen LogP contribution < -0.4 is 0 Å². The summed E-state index contributed by atoms with van der Waals surface area (Å²) < 4.78 is 2.18. The van der Waals surface area contributed by atoms with E-state index in [4.69, 9.17) is 0 Å². The number of carbonyl (C=O) groups is 1. The van der Waals surface area contributed by atoms with Gasteiger partial charge in [-0.1, -0.05) is 0 Å². The molecule has 1 aliphatic rings. The van der Waals surface area contributed by atoms with Gasteiger partial charge in [0.1, 0.15) is 16.9 Å². The summed E-state index contributed by atoms with van der Waals surface area (Å²) in [5, 5.41) is 10.7. The summed E-state index contributed by atoms with van der Waals surface area (Å²) in [6, 6.07) is 9.48. The third-order valence-corrected chi connectivity index (χ3v) is 5.49. The molecule has 1 fully saturated rings. The number of benzene rings is 1. The quantitative estimate of drug-likeness (QED) is 0.581. The van der Waals surface area contributed by atoms with Crippen molar-refractivity contribution in [3.63, 3.8) is 0 Å². The van der Waals surface area contributed by atoms with Gasteiger partial charge in [-0.3, -0.25) is 9.78 Å². The number of nitrogens with zero attached hydrogens (tertiary/aromatic N) is 6. The molecule has 1 N–H and O–H groups in total. The molecule has 3 aromatic heterocycles. The lowest BCUT2D eigenvalue weighted by molar-refractivity contribution is 0.0703. The van der Waals surface area contributed by atoms with Gasteiger partial charge in [-0.25, -0.2) is 4.98 Å². The lowest BCUT2D eigenvalue weighted by atomic mass is 9.96. The first-order chi connectivity index (χ1) is 14.3. The highest BCUT2D eigenvalue weighted by Gasteiger charge is 2.28. The van der Waals surface area contributed by atoms with Crippen LogP contribution in [0.3, 0.4) is 0 Å². The molecule has 1 saturated heterocycles. The van der Waals surface area contributed by atoms with Crippen LogP contribution in [0.4, 0.5) is 0 Å². The van der Waals surface area contributed by atoms with E-state index in [1.54, 1.807) is 18.5 Å². The Bertz CT molecular complexity index is 1130. The number of H-pyrrole nitrogens is 1. The number of fused-ring (bicyclic) bond motifs is 1. The summed E-state index contributed by atoms with van der Waals surface area (Å²) >= 11 is 0. The van der Waals surface area contributed by atoms with Crippen molar-refractivity contribution in [2.75, 3.05) is 13.1 Å². The van der Waals surface area contributed by atoms with Gasteiger partial charge in [-0.2, -0.15) is 15.4 Å². The molecule has 29 heavy (non-hydrogen) atoms. The number of amides is 1. The molecule has 4 aromatic rings. The fraction of sp³-hybridized carbons (Fsp3) is 0.286. The molecule has 5 rings (SSSR count). The second-order valence-corrected chi connectivity index (χ2v) is 7.39. The van der Waals surface area contributed by atoms with Crippen molar-refractivity contribution in [1.82, 2.24) is 34.8 Å². The number of piperidine rings is 1. The molecule has 0 radical (unpaired) electrons. The smallest absolute Gasteiger partial charge is 0.253 e. The second kappa shape index (κ2) is 7.46. The molecule has 1 amide bonds. The highest BCUT2D eigenvalue weighted by Crippen LogP contribution is 2.27. The lowest BCUT2D eigenvalue weighted by Gasteiger charge is -2.32. The maximum absolute atomic E-state index is 13.1. The Morgan fingerprint density at radius 3 is 2.86 bits per heavy atom. The average Bonchev–Trinajstić information content (AvgIpc) is 3.43. The molecule has 0 bridgehead atoms. The first kappa shape index (κ1) is 17.5. The number of aromatic nitrogens is 6. The molecule has 0 spiro atoms. The van der Waals surface area contributed by atoms with Crippen molar-refractivity contribution in [2.45, 2.75) is 25.3 Å². The SMILES string of the molecule is O=C(c1ccc2n[nH]nc2c1)N1CCCC(c2nccn2Cc2ccncc2)C1. The van der Waals surface area contributed by atoms with Crippen LogP contribution in [0.5, 0.6) is 0 Å². The minimum Gasteiger partial charge on any atom is -0.338 e. The number of pyridine rings is 1. The van der Waals surface area contributed by atoms with Gasteiger partial charge in [0.05, 0.1) is 0 Å². The molecule has 1 aliphatic heterocycles. The zero-order valence-electron chi connectivity index (χ0n) is 15.9.